The molecule has 156 valence electrons. The van der Waals surface area contributed by atoms with E-state index in [0.717, 1.165) is 11.0 Å². The Morgan fingerprint density at radius 3 is 2.61 bits per heavy atom. The first kappa shape index (κ1) is 20.0. The van der Waals surface area contributed by atoms with E-state index in [0.29, 0.717) is 12.1 Å². The predicted molar refractivity (Wildman–Crippen MR) is 106 cm³/mol. The molecule has 0 saturated carbocycles. The number of carbonyl (C=O) groups is 4. The monoisotopic (exact) mass is 420 g/mol. The number of amides is 3. The van der Waals surface area contributed by atoms with Crippen molar-refractivity contribution in [3.05, 3.63) is 65.4 Å². The Morgan fingerprint density at radius 2 is 1.90 bits per heavy atom. The van der Waals surface area contributed by atoms with Crippen LogP contribution in [-0.4, -0.2) is 44.8 Å². The number of carboxylic acids is 1. The summed E-state index contributed by atoms with van der Waals surface area (Å²) in [5.41, 5.74) is 0.538. The Balaban J connectivity index is 1.67. The fourth-order valence-corrected chi connectivity index (χ4v) is 3.53. The highest BCUT2D eigenvalue weighted by Crippen LogP contribution is 2.35. The van der Waals surface area contributed by atoms with Crippen LogP contribution in [0.3, 0.4) is 0 Å². The van der Waals surface area contributed by atoms with E-state index in [9.17, 15) is 24.3 Å². The van der Waals surface area contributed by atoms with Crippen LogP contribution >= 0.6 is 0 Å². The van der Waals surface area contributed by atoms with Gasteiger partial charge < -0.3 is 15.5 Å². The van der Waals surface area contributed by atoms with Crippen molar-refractivity contribution in [2.24, 2.45) is 10.2 Å². The molecule has 10 heteroatoms. The van der Waals surface area contributed by atoms with E-state index in [2.05, 4.69) is 22.1 Å². The minimum Gasteiger partial charge on any atom is -0.507 e. The van der Waals surface area contributed by atoms with Crippen LogP contribution in [0.4, 0.5) is 11.4 Å². The van der Waals surface area contributed by atoms with Gasteiger partial charge in [0.2, 0.25) is 5.91 Å². The molecule has 31 heavy (non-hydrogen) atoms. The number of aromatic hydroxyl groups is 1. The largest absolute Gasteiger partial charge is 0.507 e. The lowest BCUT2D eigenvalue weighted by molar-refractivity contribution is -0.125. The van der Waals surface area contributed by atoms with E-state index < -0.39 is 35.5 Å². The van der Waals surface area contributed by atoms with E-state index in [4.69, 9.17) is 5.11 Å². The first-order valence-corrected chi connectivity index (χ1v) is 9.25. The van der Waals surface area contributed by atoms with Gasteiger partial charge in [-0.05, 0) is 43.2 Å². The van der Waals surface area contributed by atoms with E-state index in [-0.39, 0.29) is 34.5 Å². The number of azo groups is 1. The number of allylic oxidation sites excluding steroid dienone is 1. The van der Waals surface area contributed by atoms with Crippen LogP contribution in [0.2, 0.25) is 0 Å². The van der Waals surface area contributed by atoms with Crippen molar-refractivity contribution in [1.82, 2.24) is 10.2 Å². The molecule has 0 aliphatic carbocycles. The van der Waals surface area contributed by atoms with Gasteiger partial charge in [-0.3, -0.25) is 19.3 Å². The second-order valence-electron chi connectivity index (χ2n) is 7.03. The highest BCUT2D eigenvalue weighted by molar-refractivity contribution is 6.24. The number of hydrogen-bond acceptors (Lipinski definition) is 7. The lowest BCUT2D eigenvalue weighted by atomic mass is 10.0. The predicted octanol–water partition coefficient (Wildman–Crippen LogP) is 2.89. The van der Waals surface area contributed by atoms with Crippen molar-refractivity contribution >= 4 is 35.1 Å². The minimum absolute atomic E-state index is 0.0192. The SMILES string of the molecule is C=C1CCC(N2C(=O)c3cccc(/N=N/c4ccc(O)c(C(=O)O)c4)c3C2=O)C(=O)N1. The smallest absolute Gasteiger partial charge is 0.339 e. The summed E-state index contributed by atoms with van der Waals surface area (Å²) in [6.45, 7) is 3.69. The number of nitrogens with zero attached hydrogens (tertiary/aromatic N) is 3. The van der Waals surface area contributed by atoms with Gasteiger partial charge in [0.1, 0.15) is 17.4 Å². The number of carbonyl (C=O) groups excluding carboxylic acids is 3. The number of rotatable bonds is 4. The minimum atomic E-state index is -1.33. The maximum Gasteiger partial charge on any atom is 0.339 e. The molecule has 2 heterocycles. The molecule has 2 aliphatic heterocycles. The van der Waals surface area contributed by atoms with Crippen LogP contribution < -0.4 is 5.32 Å². The molecule has 0 radical (unpaired) electrons. The molecule has 0 bridgehead atoms. The lowest BCUT2D eigenvalue weighted by Crippen LogP contribution is -2.51. The highest BCUT2D eigenvalue weighted by atomic mass is 16.4. The van der Waals surface area contributed by atoms with E-state index in [1.54, 1.807) is 0 Å². The van der Waals surface area contributed by atoms with Crippen molar-refractivity contribution in [3.8, 4) is 5.75 Å². The summed E-state index contributed by atoms with van der Waals surface area (Å²) < 4.78 is 0. The van der Waals surface area contributed by atoms with E-state index >= 15 is 0 Å². The Kier molecular flexibility index (Phi) is 4.82. The van der Waals surface area contributed by atoms with Gasteiger partial charge in [0.25, 0.3) is 11.8 Å². The van der Waals surface area contributed by atoms with Gasteiger partial charge in [-0.1, -0.05) is 12.6 Å². The zero-order valence-corrected chi connectivity index (χ0v) is 16.0. The van der Waals surface area contributed by atoms with Crippen LogP contribution in [0, 0.1) is 0 Å². The third-order valence-corrected chi connectivity index (χ3v) is 5.04. The number of hydrogen-bond donors (Lipinski definition) is 3. The van der Waals surface area contributed by atoms with Gasteiger partial charge in [-0.15, -0.1) is 5.11 Å². The molecule has 1 unspecified atom stereocenters. The van der Waals surface area contributed by atoms with Crippen LogP contribution in [0.15, 0.2) is 58.9 Å². The van der Waals surface area contributed by atoms with E-state index in [1.165, 1.54) is 30.3 Å². The van der Waals surface area contributed by atoms with E-state index in [1.807, 2.05) is 0 Å². The molecule has 2 aliphatic rings. The van der Waals surface area contributed by atoms with Gasteiger partial charge in [0, 0.05) is 5.70 Å². The summed E-state index contributed by atoms with van der Waals surface area (Å²) in [6.07, 6.45) is 0.724. The Labute approximate surface area is 175 Å². The van der Waals surface area contributed by atoms with Crippen molar-refractivity contribution in [3.63, 3.8) is 0 Å². The number of carboxylic acid groups (broad SMARTS) is 1. The average molecular weight is 420 g/mol. The summed E-state index contributed by atoms with van der Waals surface area (Å²) in [5, 5.41) is 29.2. The maximum absolute atomic E-state index is 13.0. The molecular weight excluding hydrogens is 404 g/mol. The number of aromatic carboxylic acids is 1. The molecule has 2 aromatic rings. The molecular formula is C21H16N4O6. The van der Waals surface area contributed by atoms with Crippen molar-refractivity contribution in [2.45, 2.75) is 18.9 Å². The fraction of sp³-hybridized carbons (Fsp3) is 0.143. The Bertz CT molecular complexity index is 1200. The molecule has 0 spiro atoms. The summed E-state index contributed by atoms with van der Waals surface area (Å²) in [7, 11) is 0. The van der Waals surface area contributed by atoms with Crippen molar-refractivity contribution in [1.29, 1.82) is 0 Å². The number of imide groups is 1. The first-order chi connectivity index (χ1) is 14.8. The third-order valence-electron chi connectivity index (χ3n) is 5.04. The van der Waals surface area contributed by atoms with Crippen LogP contribution in [0.1, 0.15) is 43.9 Å². The normalized spacial score (nSPS) is 18.5. The summed E-state index contributed by atoms with van der Waals surface area (Å²) >= 11 is 0. The van der Waals surface area contributed by atoms with Crippen molar-refractivity contribution in [2.75, 3.05) is 0 Å². The molecule has 10 nitrogen and oxygen atoms in total. The Morgan fingerprint density at radius 1 is 1.13 bits per heavy atom. The number of phenols is 1. The summed E-state index contributed by atoms with van der Waals surface area (Å²) in [6, 6.07) is 7.19. The number of fused-ring (bicyclic) bond motifs is 1. The highest BCUT2D eigenvalue weighted by Gasteiger charge is 2.45. The Hall–Kier alpha value is -4.34. The quantitative estimate of drug-likeness (QED) is 0.511. The second-order valence-corrected chi connectivity index (χ2v) is 7.03. The molecule has 1 atom stereocenters. The second kappa shape index (κ2) is 7.48. The number of benzene rings is 2. The van der Waals surface area contributed by atoms with Crippen LogP contribution in [0.25, 0.3) is 0 Å². The summed E-state index contributed by atoms with van der Waals surface area (Å²) in [5.74, 6) is -3.47. The van der Waals surface area contributed by atoms with Crippen LogP contribution in [-0.2, 0) is 4.79 Å². The van der Waals surface area contributed by atoms with Crippen molar-refractivity contribution < 1.29 is 29.4 Å². The molecule has 1 saturated heterocycles. The molecule has 3 N–H and O–H groups in total. The number of piperidine rings is 1. The first-order valence-electron chi connectivity index (χ1n) is 9.25. The molecule has 2 aromatic carbocycles. The zero-order chi connectivity index (χ0) is 22.3. The third kappa shape index (κ3) is 3.44. The molecule has 4 rings (SSSR count). The molecule has 3 amide bonds. The zero-order valence-electron chi connectivity index (χ0n) is 16.0. The standard InChI is InChI=1S/C21H16N4O6/c1-10-5-7-15(18(27)22-10)25-19(28)12-3-2-4-14(17(12)20(25)29)24-23-11-6-8-16(26)13(9-11)21(30)31/h2-4,6,8-9,15,26H,1,5,7H2,(H,22,27)(H,30,31)/b24-23+. The average Bonchev–Trinajstić information content (AvgIpc) is 2.98. The van der Waals surface area contributed by atoms with Gasteiger partial charge in [0.05, 0.1) is 22.5 Å². The topological polar surface area (TPSA) is 149 Å². The summed E-state index contributed by atoms with van der Waals surface area (Å²) in [4.78, 5) is 50.3. The lowest BCUT2D eigenvalue weighted by Gasteiger charge is -2.29. The molecule has 1 fully saturated rings. The molecule has 0 aromatic heterocycles. The van der Waals surface area contributed by atoms with Gasteiger partial charge in [-0.25, -0.2) is 4.79 Å². The van der Waals surface area contributed by atoms with Gasteiger partial charge >= 0.3 is 5.97 Å². The van der Waals surface area contributed by atoms with Crippen LogP contribution in [0.5, 0.6) is 5.75 Å². The van der Waals surface area contributed by atoms with Gasteiger partial charge in [-0.2, -0.15) is 5.11 Å². The maximum atomic E-state index is 13.0. The number of nitrogens with one attached hydrogen (secondary N) is 1. The van der Waals surface area contributed by atoms with Gasteiger partial charge in [0.15, 0.2) is 0 Å². The fourth-order valence-electron chi connectivity index (χ4n) is 3.53.